The number of hydrogen-bond acceptors (Lipinski definition) is 2. The summed E-state index contributed by atoms with van der Waals surface area (Å²) in [7, 11) is 0. The third-order valence-corrected chi connectivity index (χ3v) is 2.71. The van der Waals surface area contributed by atoms with Gasteiger partial charge in [-0.3, -0.25) is 4.99 Å². The first-order valence-corrected chi connectivity index (χ1v) is 7.03. The number of anilines is 1. The normalized spacial score (nSPS) is 11.0. The SMILES string of the molecule is CC(C)CN=C(N)Nc1cccc(Oc2ccccc2)c1.I. The zero-order valence-electron chi connectivity index (χ0n) is 12.8. The fraction of sp³-hybridized carbons (Fsp3) is 0.235. The molecule has 0 fully saturated rings. The van der Waals surface area contributed by atoms with Gasteiger partial charge in [-0.2, -0.15) is 0 Å². The lowest BCUT2D eigenvalue weighted by atomic mass is 10.2. The van der Waals surface area contributed by atoms with Crippen LogP contribution in [0, 0.1) is 5.92 Å². The van der Waals surface area contributed by atoms with Crippen molar-refractivity contribution in [3.05, 3.63) is 54.6 Å². The second-order valence-electron chi connectivity index (χ2n) is 5.19. The molecule has 2 rings (SSSR count). The molecule has 0 aliphatic heterocycles. The minimum Gasteiger partial charge on any atom is -0.457 e. The van der Waals surface area contributed by atoms with Crippen molar-refractivity contribution >= 4 is 35.6 Å². The average Bonchev–Trinajstić information content (AvgIpc) is 2.46. The summed E-state index contributed by atoms with van der Waals surface area (Å²) in [6.45, 7) is 4.91. The number of nitrogens with one attached hydrogen (secondary N) is 1. The Balaban J connectivity index is 0.00000242. The number of para-hydroxylation sites is 1. The minimum absolute atomic E-state index is 0. The number of nitrogens with zero attached hydrogens (tertiary/aromatic N) is 1. The van der Waals surface area contributed by atoms with Crippen LogP contribution in [0.15, 0.2) is 59.6 Å². The Morgan fingerprint density at radius 2 is 1.77 bits per heavy atom. The Morgan fingerprint density at radius 1 is 1.09 bits per heavy atom. The molecule has 2 aromatic carbocycles. The van der Waals surface area contributed by atoms with Crippen LogP contribution in [0.2, 0.25) is 0 Å². The maximum atomic E-state index is 5.85. The van der Waals surface area contributed by atoms with E-state index in [0.717, 1.165) is 17.2 Å². The van der Waals surface area contributed by atoms with Crippen LogP contribution in [0.5, 0.6) is 11.5 Å². The Hall–Kier alpha value is -1.76. The molecule has 0 atom stereocenters. The molecular weight excluding hydrogens is 389 g/mol. The molecule has 0 aliphatic rings. The molecule has 0 amide bonds. The molecule has 0 aromatic heterocycles. The van der Waals surface area contributed by atoms with Gasteiger partial charge in [-0.1, -0.05) is 38.1 Å². The van der Waals surface area contributed by atoms with Crippen molar-refractivity contribution in [2.24, 2.45) is 16.6 Å². The number of guanidine groups is 1. The highest BCUT2D eigenvalue weighted by Crippen LogP contribution is 2.23. The van der Waals surface area contributed by atoms with Crippen molar-refractivity contribution in [3.8, 4) is 11.5 Å². The van der Waals surface area contributed by atoms with Gasteiger partial charge in [0, 0.05) is 18.3 Å². The second kappa shape index (κ2) is 9.30. The molecule has 0 saturated heterocycles. The van der Waals surface area contributed by atoms with Crippen molar-refractivity contribution in [1.29, 1.82) is 0 Å². The van der Waals surface area contributed by atoms with Crippen LogP contribution in [-0.2, 0) is 0 Å². The molecule has 0 radical (unpaired) electrons. The van der Waals surface area contributed by atoms with E-state index in [4.69, 9.17) is 10.5 Å². The summed E-state index contributed by atoms with van der Waals surface area (Å²) in [6.07, 6.45) is 0. The highest BCUT2D eigenvalue weighted by atomic mass is 127. The van der Waals surface area contributed by atoms with Crippen LogP contribution in [0.3, 0.4) is 0 Å². The predicted octanol–water partition coefficient (Wildman–Crippen LogP) is 4.48. The van der Waals surface area contributed by atoms with Gasteiger partial charge in [-0.05, 0) is 30.2 Å². The first kappa shape index (κ1) is 18.3. The van der Waals surface area contributed by atoms with Gasteiger partial charge in [0.2, 0.25) is 0 Å². The van der Waals surface area contributed by atoms with E-state index in [-0.39, 0.29) is 24.0 Å². The van der Waals surface area contributed by atoms with Gasteiger partial charge < -0.3 is 15.8 Å². The number of rotatable bonds is 5. The van der Waals surface area contributed by atoms with Crippen molar-refractivity contribution in [2.75, 3.05) is 11.9 Å². The average molecular weight is 411 g/mol. The molecule has 3 N–H and O–H groups in total. The minimum atomic E-state index is 0. The molecule has 0 aliphatic carbocycles. The molecule has 0 bridgehead atoms. The van der Waals surface area contributed by atoms with Crippen molar-refractivity contribution < 1.29 is 4.74 Å². The summed E-state index contributed by atoms with van der Waals surface area (Å²) in [5.74, 6) is 2.46. The fourth-order valence-corrected chi connectivity index (χ4v) is 1.73. The molecule has 4 nitrogen and oxygen atoms in total. The summed E-state index contributed by atoms with van der Waals surface area (Å²) in [4.78, 5) is 4.28. The molecule has 118 valence electrons. The van der Waals surface area contributed by atoms with Gasteiger partial charge in [0.15, 0.2) is 5.96 Å². The zero-order valence-corrected chi connectivity index (χ0v) is 15.2. The van der Waals surface area contributed by atoms with Crippen LogP contribution in [0.1, 0.15) is 13.8 Å². The van der Waals surface area contributed by atoms with E-state index >= 15 is 0 Å². The van der Waals surface area contributed by atoms with Gasteiger partial charge in [0.1, 0.15) is 11.5 Å². The first-order valence-electron chi connectivity index (χ1n) is 7.03. The molecule has 22 heavy (non-hydrogen) atoms. The summed E-state index contributed by atoms with van der Waals surface area (Å²) >= 11 is 0. The fourth-order valence-electron chi connectivity index (χ4n) is 1.73. The maximum Gasteiger partial charge on any atom is 0.193 e. The van der Waals surface area contributed by atoms with E-state index < -0.39 is 0 Å². The lowest BCUT2D eigenvalue weighted by Crippen LogP contribution is -2.23. The van der Waals surface area contributed by atoms with Crippen molar-refractivity contribution in [2.45, 2.75) is 13.8 Å². The number of halogens is 1. The maximum absolute atomic E-state index is 5.85. The largest absolute Gasteiger partial charge is 0.457 e. The smallest absolute Gasteiger partial charge is 0.193 e. The van der Waals surface area contributed by atoms with Crippen molar-refractivity contribution in [1.82, 2.24) is 0 Å². The molecule has 0 unspecified atom stereocenters. The summed E-state index contributed by atoms with van der Waals surface area (Å²) in [6, 6.07) is 17.3. The first-order chi connectivity index (χ1) is 10.1. The Labute approximate surface area is 148 Å². The molecule has 0 spiro atoms. The van der Waals surface area contributed by atoms with E-state index in [1.54, 1.807) is 0 Å². The third-order valence-electron chi connectivity index (χ3n) is 2.71. The van der Waals surface area contributed by atoms with Gasteiger partial charge in [0.05, 0.1) is 0 Å². The summed E-state index contributed by atoms with van der Waals surface area (Å²) in [5, 5.41) is 3.07. The number of benzene rings is 2. The van der Waals surface area contributed by atoms with E-state index in [1.165, 1.54) is 0 Å². The van der Waals surface area contributed by atoms with E-state index in [1.807, 2.05) is 54.6 Å². The number of ether oxygens (including phenoxy) is 1. The number of nitrogens with two attached hydrogens (primary N) is 1. The van der Waals surface area contributed by atoms with Crippen molar-refractivity contribution in [3.63, 3.8) is 0 Å². The Bertz CT molecular complexity index is 600. The van der Waals surface area contributed by atoms with E-state index in [2.05, 4.69) is 24.2 Å². The van der Waals surface area contributed by atoms with E-state index in [0.29, 0.717) is 18.4 Å². The van der Waals surface area contributed by atoms with Gasteiger partial charge >= 0.3 is 0 Å². The molecular formula is C17H22IN3O. The lowest BCUT2D eigenvalue weighted by Gasteiger charge is -2.09. The number of hydrogen-bond donors (Lipinski definition) is 2. The third kappa shape index (κ3) is 6.34. The quantitative estimate of drug-likeness (QED) is 0.433. The van der Waals surface area contributed by atoms with Crippen LogP contribution < -0.4 is 15.8 Å². The second-order valence-corrected chi connectivity index (χ2v) is 5.19. The zero-order chi connectivity index (χ0) is 15.1. The summed E-state index contributed by atoms with van der Waals surface area (Å²) in [5.41, 5.74) is 6.71. The van der Waals surface area contributed by atoms with Gasteiger partial charge in [-0.15, -0.1) is 24.0 Å². The van der Waals surface area contributed by atoms with E-state index in [9.17, 15) is 0 Å². The Kier molecular flexibility index (Phi) is 7.73. The van der Waals surface area contributed by atoms with Crippen LogP contribution >= 0.6 is 24.0 Å². The van der Waals surface area contributed by atoms with Crippen LogP contribution in [0.25, 0.3) is 0 Å². The lowest BCUT2D eigenvalue weighted by molar-refractivity contribution is 0.483. The highest BCUT2D eigenvalue weighted by Gasteiger charge is 2.00. The molecule has 5 heteroatoms. The van der Waals surface area contributed by atoms with Gasteiger partial charge in [0.25, 0.3) is 0 Å². The monoisotopic (exact) mass is 411 g/mol. The topological polar surface area (TPSA) is 59.6 Å². The summed E-state index contributed by atoms with van der Waals surface area (Å²) < 4.78 is 5.78. The van der Waals surface area contributed by atoms with Crippen LogP contribution in [0.4, 0.5) is 5.69 Å². The molecule has 0 saturated carbocycles. The van der Waals surface area contributed by atoms with Crippen LogP contribution in [-0.4, -0.2) is 12.5 Å². The van der Waals surface area contributed by atoms with Gasteiger partial charge in [-0.25, -0.2) is 0 Å². The Morgan fingerprint density at radius 3 is 2.45 bits per heavy atom. The standard InChI is InChI=1S/C17H21N3O.HI/c1-13(2)12-19-17(18)20-14-7-6-10-16(11-14)21-15-8-4-3-5-9-15;/h3-11,13H,12H2,1-2H3,(H3,18,19,20);1H. The number of aliphatic imine (C=N–C) groups is 1. The highest BCUT2D eigenvalue weighted by molar-refractivity contribution is 14.0. The predicted molar refractivity (Wildman–Crippen MR) is 103 cm³/mol. The molecule has 2 aromatic rings. The molecule has 0 heterocycles.